The number of likely N-dealkylation sites (tertiary alicyclic amines) is 1. The van der Waals surface area contributed by atoms with Crippen LogP contribution >= 0.6 is 0 Å². The highest BCUT2D eigenvalue weighted by Crippen LogP contribution is 2.32. The zero-order chi connectivity index (χ0) is 21.8. The number of nitrogens with one attached hydrogen (secondary N) is 1. The van der Waals surface area contributed by atoms with Crippen molar-refractivity contribution in [3.8, 4) is 5.75 Å². The van der Waals surface area contributed by atoms with Crippen LogP contribution in [-0.2, 0) is 0 Å². The van der Waals surface area contributed by atoms with Crippen molar-refractivity contribution in [2.45, 2.75) is 53.5 Å². The number of hydrogen-bond acceptors (Lipinski definition) is 3. The van der Waals surface area contributed by atoms with Gasteiger partial charge in [0.1, 0.15) is 5.75 Å². The molecule has 0 spiro atoms. The Kier molecular flexibility index (Phi) is 7.19. The number of rotatable bonds is 6. The third kappa shape index (κ3) is 4.86. The van der Waals surface area contributed by atoms with Crippen molar-refractivity contribution in [1.82, 2.24) is 10.2 Å². The number of benzene rings is 2. The summed E-state index contributed by atoms with van der Waals surface area (Å²) in [5.41, 5.74) is 6.84. The van der Waals surface area contributed by atoms with Gasteiger partial charge in [0.05, 0.1) is 7.11 Å². The van der Waals surface area contributed by atoms with Crippen LogP contribution in [0.5, 0.6) is 5.75 Å². The number of aryl methyl sites for hydroxylation is 2. The van der Waals surface area contributed by atoms with E-state index in [0.717, 1.165) is 48.5 Å². The van der Waals surface area contributed by atoms with Gasteiger partial charge < -0.3 is 10.1 Å². The largest absolute Gasteiger partial charge is 0.496 e. The highest BCUT2D eigenvalue weighted by atomic mass is 16.5. The fourth-order valence-electron chi connectivity index (χ4n) is 4.62. The normalized spacial score (nSPS) is 18.1. The van der Waals surface area contributed by atoms with E-state index in [4.69, 9.17) is 4.74 Å². The number of piperidine rings is 1. The lowest BCUT2D eigenvalue weighted by Gasteiger charge is -2.38. The minimum absolute atomic E-state index is 0.0444. The van der Waals surface area contributed by atoms with E-state index in [1.54, 1.807) is 7.11 Å². The molecule has 2 atom stereocenters. The molecule has 0 bridgehead atoms. The molecular weight excluding hydrogens is 372 g/mol. The van der Waals surface area contributed by atoms with Crippen molar-refractivity contribution >= 4 is 5.91 Å². The predicted molar refractivity (Wildman–Crippen MR) is 123 cm³/mol. The summed E-state index contributed by atoms with van der Waals surface area (Å²) in [6.45, 7) is 13.5. The van der Waals surface area contributed by atoms with E-state index in [-0.39, 0.29) is 5.91 Å². The Morgan fingerprint density at radius 3 is 2.67 bits per heavy atom. The van der Waals surface area contributed by atoms with Gasteiger partial charge in [-0.3, -0.25) is 9.69 Å². The number of carbonyl (C=O) groups is 1. The molecule has 4 heteroatoms. The third-order valence-electron chi connectivity index (χ3n) is 6.74. The molecule has 0 aliphatic carbocycles. The summed E-state index contributed by atoms with van der Waals surface area (Å²) >= 11 is 0. The van der Waals surface area contributed by atoms with Gasteiger partial charge in [-0.2, -0.15) is 0 Å². The lowest BCUT2D eigenvalue weighted by molar-refractivity contribution is 0.0916. The molecule has 0 saturated carbocycles. The smallest absolute Gasteiger partial charge is 0.251 e. The van der Waals surface area contributed by atoms with Gasteiger partial charge in [-0.25, -0.2) is 0 Å². The van der Waals surface area contributed by atoms with Crippen LogP contribution in [0.15, 0.2) is 30.3 Å². The van der Waals surface area contributed by atoms with E-state index in [1.165, 1.54) is 23.1 Å². The summed E-state index contributed by atoms with van der Waals surface area (Å²) in [6.07, 6.45) is 2.33. The fourth-order valence-corrected chi connectivity index (χ4v) is 4.62. The monoisotopic (exact) mass is 408 g/mol. The van der Waals surface area contributed by atoms with Crippen LogP contribution < -0.4 is 10.1 Å². The van der Waals surface area contributed by atoms with Gasteiger partial charge in [-0.05, 0) is 94.3 Å². The van der Waals surface area contributed by atoms with Crippen LogP contribution in [0.1, 0.15) is 64.0 Å². The Labute approximate surface area is 181 Å². The molecule has 4 nitrogen and oxygen atoms in total. The molecule has 1 heterocycles. The van der Waals surface area contributed by atoms with Gasteiger partial charge in [0, 0.05) is 24.7 Å². The van der Waals surface area contributed by atoms with Gasteiger partial charge in [0.2, 0.25) is 0 Å². The highest BCUT2D eigenvalue weighted by molar-refractivity contribution is 5.95. The molecule has 1 amide bonds. The zero-order valence-corrected chi connectivity index (χ0v) is 19.3. The molecule has 0 radical (unpaired) electrons. The standard InChI is InChI=1S/C26H36N2O2/c1-17-9-10-18(2)24(14-17)26(29)27-15-22-8-7-13-28(16-22)21(5)23-11-12-25(30-6)20(4)19(23)3/h9-12,14,21-22H,7-8,13,15-16H2,1-6H3,(H,27,29). The maximum absolute atomic E-state index is 12.7. The Hall–Kier alpha value is -2.33. The number of methoxy groups -OCH3 is 1. The molecule has 1 saturated heterocycles. The van der Waals surface area contributed by atoms with Crippen LogP contribution in [0, 0.1) is 33.6 Å². The molecule has 1 fully saturated rings. The fraction of sp³-hybridized carbons (Fsp3) is 0.500. The molecule has 0 aromatic heterocycles. The Morgan fingerprint density at radius 2 is 1.93 bits per heavy atom. The second-order valence-electron chi connectivity index (χ2n) is 8.81. The van der Waals surface area contributed by atoms with E-state index < -0.39 is 0 Å². The quantitative estimate of drug-likeness (QED) is 0.720. The van der Waals surface area contributed by atoms with Crippen molar-refractivity contribution < 1.29 is 9.53 Å². The van der Waals surface area contributed by atoms with Crippen molar-refractivity contribution in [2.75, 3.05) is 26.7 Å². The summed E-state index contributed by atoms with van der Waals surface area (Å²) in [4.78, 5) is 15.3. The maximum atomic E-state index is 12.7. The van der Waals surface area contributed by atoms with E-state index >= 15 is 0 Å². The molecule has 1 N–H and O–H groups in total. The second kappa shape index (κ2) is 9.65. The molecule has 2 aromatic carbocycles. The van der Waals surface area contributed by atoms with E-state index in [9.17, 15) is 4.79 Å². The molecule has 2 unspecified atom stereocenters. The zero-order valence-electron chi connectivity index (χ0n) is 19.3. The maximum Gasteiger partial charge on any atom is 0.251 e. The predicted octanol–water partition coefficient (Wildman–Crippen LogP) is 5.13. The van der Waals surface area contributed by atoms with Crippen LogP contribution in [0.4, 0.5) is 0 Å². The molecule has 3 rings (SSSR count). The van der Waals surface area contributed by atoms with Gasteiger partial charge in [0.15, 0.2) is 0 Å². The first-order chi connectivity index (χ1) is 14.3. The highest BCUT2D eigenvalue weighted by Gasteiger charge is 2.26. The Balaban J connectivity index is 1.63. The van der Waals surface area contributed by atoms with Crippen molar-refractivity contribution in [3.63, 3.8) is 0 Å². The summed E-state index contributed by atoms with van der Waals surface area (Å²) < 4.78 is 5.48. The van der Waals surface area contributed by atoms with Crippen LogP contribution in [0.2, 0.25) is 0 Å². The summed E-state index contributed by atoms with van der Waals surface area (Å²) in [6, 6.07) is 10.7. The Bertz CT molecular complexity index is 906. The molecule has 1 aliphatic rings. The second-order valence-corrected chi connectivity index (χ2v) is 8.81. The number of nitrogens with zero attached hydrogens (tertiary/aromatic N) is 1. The first-order valence-corrected chi connectivity index (χ1v) is 11.1. The minimum Gasteiger partial charge on any atom is -0.496 e. The molecule has 1 aliphatic heterocycles. The van der Waals surface area contributed by atoms with Crippen molar-refractivity contribution in [1.29, 1.82) is 0 Å². The van der Waals surface area contributed by atoms with Crippen molar-refractivity contribution in [3.05, 3.63) is 63.7 Å². The topological polar surface area (TPSA) is 41.6 Å². The Morgan fingerprint density at radius 1 is 1.17 bits per heavy atom. The van der Waals surface area contributed by atoms with Gasteiger partial charge in [-0.15, -0.1) is 0 Å². The molecule has 162 valence electrons. The number of hydrogen-bond donors (Lipinski definition) is 1. The van der Waals surface area contributed by atoms with E-state index in [0.29, 0.717) is 12.0 Å². The van der Waals surface area contributed by atoms with Crippen molar-refractivity contribution in [2.24, 2.45) is 5.92 Å². The lowest BCUT2D eigenvalue weighted by atomic mass is 9.92. The number of ether oxygens (including phenoxy) is 1. The van der Waals surface area contributed by atoms with Gasteiger partial charge >= 0.3 is 0 Å². The van der Waals surface area contributed by atoms with Crippen LogP contribution in [-0.4, -0.2) is 37.6 Å². The summed E-state index contributed by atoms with van der Waals surface area (Å²) in [7, 11) is 1.73. The van der Waals surface area contributed by atoms with Gasteiger partial charge in [-0.1, -0.05) is 23.8 Å². The lowest BCUT2D eigenvalue weighted by Crippen LogP contribution is -2.42. The first kappa shape index (κ1) is 22.4. The molecular formula is C26H36N2O2. The first-order valence-electron chi connectivity index (χ1n) is 11.1. The van der Waals surface area contributed by atoms with E-state index in [1.807, 2.05) is 26.0 Å². The number of carbonyl (C=O) groups excluding carboxylic acids is 1. The molecule has 30 heavy (non-hydrogen) atoms. The average Bonchev–Trinajstić information content (AvgIpc) is 2.75. The third-order valence-corrected chi connectivity index (χ3v) is 6.74. The number of amides is 1. The van der Waals surface area contributed by atoms with Crippen LogP contribution in [0.3, 0.4) is 0 Å². The minimum atomic E-state index is 0.0444. The summed E-state index contributed by atoms with van der Waals surface area (Å²) in [5.74, 6) is 1.48. The summed E-state index contributed by atoms with van der Waals surface area (Å²) in [5, 5.41) is 3.19. The molecule has 2 aromatic rings. The van der Waals surface area contributed by atoms with E-state index in [2.05, 4.69) is 49.2 Å². The SMILES string of the molecule is COc1ccc(C(C)N2CCCC(CNC(=O)c3cc(C)ccc3C)C2)c(C)c1C. The van der Waals surface area contributed by atoms with Gasteiger partial charge in [0.25, 0.3) is 5.91 Å². The van der Waals surface area contributed by atoms with Crippen LogP contribution in [0.25, 0.3) is 0 Å². The average molecular weight is 409 g/mol.